The lowest BCUT2D eigenvalue weighted by Gasteiger charge is -2.05. The van der Waals surface area contributed by atoms with Gasteiger partial charge in [-0.3, -0.25) is 4.79 Å². The van der Waals surface area contributed by atoms with Crippen LogP contribution in [0.3, 0.4) is 0 Å². The first-order valence-corrected chi connectivity index (χ1v) is 5.08. The maximum absolute atomic E-state index is 12.8. The molecule has 6 heteroatoms. The molecule has 0 aliphatic rings. The predicted octanol–water partition coefficient (Wildman–Crippen LogP) is 2.52. The summed E-state index contributed by atoms with van der Waals surface area (Å²) in [4.78, 5) is 18.9. The number of amides is 1. The molecule has 0 radical (unpaired) electrons. The van der Waals surface area contributed by atoms with Crippen molar-refractivity contribution in [2.75, 3.05) is 5.32 Å². The minimum atomic E-state index is -0.713. The van der Waals surface area contributed by atoms with E-state index in [0.29, 0.717) is 5.69 Å². The van der Waals surface area contributed by atoms with Gasteiger partial charge in [0, 0.05) is 24.0 Å². The van der Waals surface area contributed by atoms with E-state index in [9.17, 15) is 9.18 Å². The van der Waals surface area contributed by atoms with Crippen LogP contribution in [-0.4, -0.2) is 15.9 Å². The van der Waals surface area contributed by atoms with Crippen molar-refractivity contribution in [2.45, 2.75) is 0 Å². The van der Waals surface area contributed by atoms with Gasteiger partial charge in [0.05, 0.1) is 5.69 Å². The van der Waals surface area contributed by atoms with Crippen LogP contribution in [0.5, 0.6) is 0 Å². The summed E-state index contributed by atoms with van der Waals surface area (Å²) in [5, 5.41) is 2.70. The summed E-state index contributed by atoms with van der Waals surface area (Å²) in [5.74, 6) is -1.18. The molecule has 4 nitrogen and oxygen atoms in total. The summed E-state index contributed by atoms with van der Waals surface area (Å²) >= 11 is 5.77. The summed E-state index contributed by atoms with van der Waals surface area (Å²) in [7, 11) is 0. The van der Waals surface area contributed by atoms with Crippen LogP contribution in [-0.2, 0) is 0 Å². The number of nitrogens with zero attached hydrogens (tertiary/aromatic N) is 2. The average molecular weight is 252 g/mol. The van der Waals surface area contributed by atoms with E-state index in [1.807, 2.05) is 0 Å². The molecule has 0 unspecified atom stereocenters. The van der Waals surface area contributed by atoms with Gasteiger partial charge in [0.15, 0.2) is 5.15 Å². The third kappa shape index (κ3) is 2.76. The zero-order valence-corrected chi connectivity index (χ0v) is 9.28. The SMILES string of the molecule is O=C(Nc1cccnc1Cl)c1ccnc(F)c1. The van der Waals surface area contributed by atoms with Crippen LogP contribution in [0.4, 0.5) is 10.1 Å². The molecule has 0 aliphatic carbocycles. The molecule has 0 bridgehead atoms. The van der Waals surface area contributed by atoms with Gasteiger partial charge in [-0.15, -0.1) is 0 Å². The summed E-state index contributed by atoms with van der Waals surface area (Å²) in [5.41, 5.74) is 0.536. The van der Waals surface area contributed by atoms with Gasteiger partial charge in [0.25, 0.3) is 5.91 Å². The Labute approximate surface area is 101 Å². The Balaban J connectivity index is 2.20. The number of hydrogen-bond acceptors (Lipinski definition) is 3. The minimum absolute atomic E-state index is 0.164. The largest absolute Gasteiger partial charge is 0.319 e. The third-order valence-electron chi connectivity index (χ3n) is 2.00. The topological polar surface area (TPSA) is 54.9 Å². The van der Waals surface area contributed by atoms with Crippen LogP contribution in [0.1, 0.15) is 10.4 Å². The molecule has 0 aliphatic heterocycles. The number of aromatic nitrogens is 2. The number of anilines is 1. The molecule has 1 N–H and O–H groups in total. The molecule has 17 heavy (non-hydrogen) atoms. The highest BCUT2D eigenvalue weighted by molar-refractivity contribution is 6.32. The molecule has 2 rings (SSSR count). The van der Waals surface area contributed by atoms with Crippen LogP contribution in [0.25, 0.3) is 0 Å². The van der Waals surface area contributed by atoms with Gasteiger partial charge >= 0.3 is 0 Å². The molecule has 86 valence electrons. The lowest BCUT2D eigenvalue weighted by Crippen LogP contribution is -2.12. The molecular weight excluding hydrogens is 245 g/mol. The third-order valence-corrected chi connectivity index (χ3v) is 2.30. The van der Waals surface area contributed by atoms with Gasteiger partial charge in [-0.1, -0.05) is 11.6 Å². The van der Waals surface area contributed by atoms with Crippen molar-refractivity contribution in [3.63, 3.8) is 0 Å². The number of rotatable bonds is 2. The monoisotopic (exact) mass is 251 g/mol. The Morgan fingerprint density at radius 3 is 2.82 bits per heavy atom. The normalized spacial score (nSPS) is 10.0. The molecule has 2 aromatic heterocycles. The molecule has 0 saturated carbocycles. The fourth-order valence-corrected chi connectivity index (χ4v) is 1.38. The number of nitrogens with one attached hydrogen (secondary N) is 1. The van der Waals surface area contributed by atoms with Crippen molar-refractivity contribution in [1.82, 2.24) is 9.97 Å². The van der Waals surface area contributed by atoms with E-state index >= 15 is 0 Å². The van der Waals surface area contributed by atoms with E-state index in [4.69, 9.17) is 11.6 Å². The van der Waals surface area contributed by atoms with Crippen molar-refractivity contribution in [2.24, 2.45) is 0 Å². The number of pyridine rings is 2. The summed E-state index contributed by atoms with van der Waals surface area (Å²) in [6.45, 7) is 0. The summed E-state index contributed by atoms with van der Waals surface area (Å²) < 4.78 is 12.8. The molecule has 0 spiro atoms. The quantitative estimate of drug-likeness (QED) is 0.835. The second-order valence-electron chi connectivity index (χ2n) is 3.16. The maximum Gasteiger partial charge on any atom is 0.255 e. The van der Waals surface area contributed by atoms with Crippen molar-refractivity contribution in [1.29, 1.82) is 0 Å². The molecule has 2 heterocycles. The molecule has 0 atom stereocenters. The summed E-state index contributed by atoms with van der Waals surface area (Å²) in [6, 6.07) is 5.68. The molecule has 1 amide bonds. The highest BCUT2D eigenvalue weighted by Gasteiger charge is 2.09. The first kappa shape index (κ1) is 11.5. The first-order valence-electron chi connectivity index (χ1n) is 4.70. The van der Waals surface area contributed by atoms with Crippen LogP contribution in [0.2, 0.25) is 5.15 Å². The second kappa shape index (κ2) is 4.88. The van der Waals surface area contributed by atoms with E-state index in [0.717, 1.165) is 6.07 Å². The van der Waals surface area contributed by atoms with Crippen LogP contribution in [0.15, 0.2) is 36.7 Å². The first-order chi connectivity index (χ1) is 8.16. The molecular formula is C11H7ClFN3O. The highest BCUT2D eigenvalue weighted by atomic mass is 35.5. The Bertz CT molecular complexity index is 562. The van der Waals surface area contributed by atoms with Gasteiger partial charge in [-0.05, 0) is 18.2 Å². The van der Waals surface area contributed by atoms with Gasteiger partial charge in [0.1, 0.15) is 0 Å². The van der Waals surface area contributed by atoms with Gasteiger partial charge in [-0.25, -0.2) is 9.97 Å². The minimum Gasteiger partial charge on any atom is -0.319 e. The fourth-order valence-electron chi connectivity index (χ4n) is 1.22. The number of halogens is 2. The van der Waals surface area contributed by atoms with Gasteiger partial charge < -0.3 is 5.32 Å². The van der Waals surface area contributed by atoms with E-state index in [1.165, 1.54) is 18.5 Å². The Morgan fingerprint density at radius 1 is 1.29 bits per heavy atom. The molecule has 0 aromatic carbocycles. The van der Waals surface area contributed by atoms with Crippen LogP contribution >= 0.6 is 11.6 Å². The predicted molar refractivity (Wildman–Crippen MR) is 61.4 cm³/mol. The standard InChI is InChI=1S/C11H7ClFN3O/c12-10-8(2-1-4-15-10)16-11(17)7-3-5-14-9(13)6-7/h1-6H,(H,16,17). The van der Waals surface area contributed by atoms with E-state index in [-0.39, 0.29) is 10.7 Å². The lowest BCUT2D eigenvalue weighted by atomic mass is 10.2. The smallest absolute Gasteiger partial charge is 0.255 e. The van der Waals surface area contributed by atoms with E-state index in [2.05, 4.69) is 15.3 Å². The van der Waals surface area contributed by atoms with Gasteiger partial charge in [-0.2, -0.15) is 4.39 Å². The van der Waals surface area contributed by atoms with Gasteiger partial charge in [0.2, 0.25) is 5.95 Å². The molecule has 0 fully saturated rings. The van der Waals surface area contributed by atoms with Crippen molar-refractivity contribution < 1.29 is 9.18 Å². The zero-order valence-electron chi connectivity index (χ0n) is 8.52. The highest BCUT2D eigenvalue weighted by Crippen LogP contribution is 2.18. The Morgan fingerprint density at radius 2 is 2.12 bits per heavy atom. The zero-order chi connectivity index (χ0) is 12.3. The average Bonchev–Trinajstić information content (AvgIpc) is 2.32. The Hall–Kier alpha value is -2.01. The van der Waals surface area contributed by atoms with E-state index < -0.39 is 11.9 Å². The Kier molecular flexibility index (Phi) is 3.30. The van der Waals surface area contributed by atoms with Crippen LogP contribution < -0.4 is 5.32 Å². The number of carbonyl (C=O) groups excluding carboxylic acids is 1. The molecule has 2 aromatic rings. The van der Waals surface area contributed by atoms with Crippen molar-refractivity contribution in [3.8, 4) is 0 Å². The lowest BCUT2D eigenvalue weighted by molar-refractivity contribution is 0.102. The van der Waals surface area contributed by atoms with Crippen LogP contribution in [0, 0.1) is 5.95 Å². The van der Waals surface area contributed by atoms with Crippen molar-refractivity contribution >= 4 is 23.2 Å². The van der Waals surface area contributed by atoms with Crippen molar-refractivity contribution in [3.05, 3.63) is 53.3 Å². The molecule has 0 saturated heterocycles. The number of carbonyl (C=O) groups is 1. The fraction of sp³-hybridized carbons (Fsp3) is 0. The second-order valence-corrected chi connectivity index (χ2v) is 3.52. The maximum atomic E-state index is 12.8. The van der Waals surface area contributed by atoms with E-state index in [1.54, 1.807) is 12.1 Å². The number of hydrogen-bond donors (Lipinski definition) is 1. The summed E-state index contributed by atoms with van der Waals surface area (Å²) in [6.07, 6.45) is 2.72.